The third-order valence-corrected chi connectivity index (χ3v) is 2.68. The van der Waals surface area contributed by atoms with Crippen molar-refractivity contribution in [2.24, 2.45) is 5.92 Å². The van der Waals surface area contributed by atoms with Crippen molar-refractivity contribution in [1.82, 2.24) is 0 Å². The first-order valence-corrected chi connectivity index (χ1v) is 5.13. The summed E-state index contributed by atoms with van der Waals surface area (Å²) in [5.41, 5.74) is 0.982. The molecule has 3 nitrogen and oxygen atoms in total. The summed E-state index contributed by atoms with van der Waals surface area (Å²) in [4.78, 5) is 11.5. The molecule has 0 aliphatic heterocycles. The van der Waals surface area contributed by atoms with Gasteiger partial charge in [0.2, 0.25) is 5.91 Å². The maximum atomic E-state index is 13.4. The van der Waals surface area contributed by atoms with Crippen molar-refractivity contribution in [1.29, 1.82) is 5.26 Å². The Hall–Kier alpha value is -1.89. The summed E-state index contributed by atoms with van der Waals surface area (Å²) in [5.74, 6) is -0.490. The van der Waals surface area contributed by atoms with Gasteiger partial charge in [-0.05, 0) is 31.9 Å². The van der Waals surface area contributed by atoms with Gasteiger partial charge in [-0.15, -0.1) is 0 Å². The molecule has 1 aliphatic rings. The number of nitrogens with zero attached hydrogens (tertiary/aromatic N) is 1. The number of carbonyl (C=O) groups is 1. The quantitative estimate of drug-likeness (QED) is 0.828. The summed E-state index contributed by atoms with van der Waals surface area (Å²) in [7, 11) is 0. The first-order chi connectivity index (χ1) is 7.61. The second-order valence-electron chi connectivity index (χ2n) is 4.01. The number of halogens is 1. The minimum atomic E-state index is -0.467. The van der Waals surface area contributed by atoms with E-state index in [9.17, 15) is 9.18 Å². The Kier molecular flexibility index (Phi) is 2.61. The van der Waals surface area contributed by atoms with Crippen LogP contribution in [0.15, 0.2) is 12.1 Å². The van der Waals surface area contributed by atoms with Gasteiger partial charge in [0.15, 0.2) is 0 Å². The lowest BCUT2D eigenvalue weighted by Crippen LogP contribution is -2.14. The van der Waals surface area contributed by atoms with E-state index in [1.807, 2.05) is 6.07 Å². The molecule has 16 heavy (non-hydrogen) atoms. The highest BCUT2D eigenvalue weighted by molar-refractivity contribution is 5.94. The fraction of sp³-hybridized carbons (Fsp3) is 0.333. The van der Waals surface area contributed by atoms with Gasteiger partial charge in [0.25, 0.3) is 0 Å². The van der Waals surface area contributed by atoms with Gasteiger partial charge >= 0.3 is 0 Å². The molecule has 2 rings (SSSR count). The summed E-state index contributed by atoms with van der Waals surface area (Å²) >= 11 is 0. The van der Waals surface area contributed by atoms with E-state index in [1.54, 1.807) is 6.92 Å². The first-order valence-electron chi connectivity index (χ1n) is 5.13. The smallest absolute Gasteiger partial charge is 0.227 e. The van der Waals surface area contributed by atoms with Crippen molar-refractivity contribution in [3.63, 3.8) is 0 Å². The van der Waals surface area contributed by atoms with Crippen LogP contribution in [0.25, 0.3) is 0 Å². The third-order valence-electron chi connectivity index (χ3n) is 2.68. The highest BCUT2D eigenvalue weighted by atomic mass is 19.1. The molecule has 1 fully saturated rings. The topological polar surface area (TPSA) is 52.9 Å². The molecule has 0 unspecified atom stereocenters. The van der Waals surface area contributed by atoms with Crippen molar-refractivity contribution in [2.75, 3.05) is 5.32 Å². The van der Waals surface area contributed by atoms with Crippen LogP contribution in [0.4, 0.5) is 10.1 Å². The summed E-state index contributed by atoms with van der Waals surface area (Å²) in [6, 6.07) is 4.53. The Bertz CT molecular complexity index is 487. The van der Waals surface area contributed by atoms with Gasteiger partial charge in [0.1, 0.15) is 5.82 Å². The molecule has 1 aromatic carbocycles. The standard InChI is InChI=1S/C12H11FN2O/c1-7-10(13)4-8(6-14)5-11(7)15-12(16)9-2-3-9/h4-5,9H,2-3H2,1H3,(H,15,16). The molecule has 0 atom stereocenters. The van der Waals surface area contributed by atoms with Gasteiger partial charge in [-0.3, -0.25) is 4.79 Å². The predicted octanol–water partition coefficient (Wildman–Crippen LogP) is 2.35. The second kappa shape index (κ2) is 3.93. The molecule has 0 bridgehead atoms. The maximum absolute atomic E-state index is 13.4. The Morgan fingerprint density at radius 3 is 2.81 bits per heavy atom. The van der Waals surface area contributed by atoms with Crippen LogP contribution in [-0.4, -0.2) is 5.91 Å². The first kappa shape index (κ1) is 10.6. The molecule has 1 amide bonds. The fourth-order valence-electron chi connectivity index (χ4n) is 1.45. The van der Waals surface area contributed by atoms with Crippen molar-refractivity contribution in [3.05, 3.63) is 29.1 Å². The van der Waals surface area contributed by atoms with Crippen LogP contribution in [0.1, 0.15) is 24.0 Å². The van der Waals surface area contributed by atoms with Crippen LogP contribution in [0.2, 0.25) is 0 Å². The molecular weight excluding hydrogens is 207 g/mol. The number of anilines is 1. The summed E-state index contributed by atoms with van der Waals surface area (Å²) in [6.45, 7) is 1.58. The molecule has 0 radical (unpaired) electrons. The molecule has 1 saturated carbocycles. The Balaban J connectivity index is 2.28. The Morgan fingerprint density at radius 1 is 1.56 bits per heavy atom. The second-order valence-corrected chi connectivity index (χ2v) is 4.01. The zero-order valence-corrected chi connectivity index (χ0v) is 8.88. The van der Waals surface area contributed by atoms with Crippen LogP contribution in [0.5, 0.6) is 0 Å². The average molecular weight is 218 g/mol. The molecular formula is C12H11FN2O. The summed E-state index contributed by atoms with van der Waals surface area (Å²) in [5, 5.41) is 11.4. The molecule has 0 heterocycles. The van der Waals surface area contributed by atoms with Gasteiger partial charge in [-0.25, -0.2) is 4.39 Å². The third kappa shape index (κ3) is 2.03. The van der Waals surface area contributed by atoms with E-state index < -0.39 is 5.82 Å². The fourth-order valence-corrected chi connectivity index (χ4v) is 1.45. The largest absolute Gasteiger partial charge is 0.325 e. The van der Waals surface area contributed by atoms with Gasteiger partial charge in [-0.2, -0.15) is 5.26 Å². The molecule has 1 aromatic rings. The van der Waals surface area contributed by atoms with E-state index in [0.29, 0.717) is 11.3 Å². The molecule has 1 aliphatic carbocycles. The van der Waals surface area contributed by atoms with Crippen molar-refractivity contribution < 1.29 is 9.18 Å². The summed E-state index contributed by atoms with van der Waals surface area (Å²) in [6.07, 6.45) is 1.79. The van der Waals surface area contributed by atoms with E-state index in [-0.39, 0.29) is 17.4 Å². The number of hydrogen-bond donors (Lipinski definition) is 1. The van der Waals surface area contributed by atoms with Gasteiger partial charge in [0, 0.05) is 17.2 Å². The minimum Gasteiger partial charge on any atom is -0.325 e. The summed E-state index contributed by atoms with van der Waals surface area (Å²) < 4.78 is 13.4. The molecule has 0 aromatic heterocycles. The van der Waals surface area contributed by atoms with Crippen LogP contribution in [-0.2, 0) is 4.79 Å². The molecule has 1 N–H and O–H groups in total. The lowest BCUT2D eigenvalue weighted by atomic mass is 10.1. The number of carbonyl (C=O) groups excluding carboxylic acids is 1. The van der Waals surface area contributed by atoms with Crippen molar-refractivity contribution >= 4 is 11.6 Å². The van der Waals surface area contributed by atoms with Gasteiger partial charge < -0.3 is 5.32 Å². The normalized spacial score (nSPS) is 14.3. The predicted molar refractivity (Wildman–Crippen MR) is 57.2 cm³/mol. The van der Waals surface area contributed by atoms with Gasteiger partial charge in [0.05, 0.1) is 11.6 Å². The Labute approximate surface area is 92.9 Å². The monoisotopic (exact) mass is 218 g/mol. The van der Waals surface area contributed by atoms with Crippen LogP contribution in [0.3, 0.4) is 0 Å². The molecule has 0 saturated heterocycles. The van der Waals surface area contributed by atoms with E-state index in [1.165, 1.54) is 12.1 Å². The number of nitrogens with one attached hydrogen (secondary N) is 1. The van der Waals surface area contributed by atoms with E-state index >= 15 is 0 Å². The SMILES string of the molecule is Cc1c(F)cc(C#N)cc1NC(=O)C1CC1. The van der Waals surface area contributed by atoms with Crippen LogP contribution < -0.4 is 5.32 Å². The van der Waals surface area contributed by atoms with Gasteiger partial charge in [-0.1, -0.05) is 0 Å². The number of hydrogen-bond acceptors (Lipinski definition) is 2. The van der Waals surface area contributed by atoms with Crippen molar-refractivity contribution in [2.45, 2.75) is 19.8 Å². The highest BCUT2D eigenvalue weighted by Crippen LogP contribution is 2.31. The highest BCUT2D eigenvalue weighted by Gasteiger charge is 2.30. The van der Waals surface area contributed by atoms with Crippen LogP contribution >= 0.6 is 0 Å². The maximum Gasteiger partial charge on any atom is 0.227 e. The van der Waals surface area contributed by atoms with E-state index in [0.717, 1.165) is 12.8 Å². The minimum absolute atomic E-state index is 0.0632. The van der Waals surface area contributed by atoms with Crippen molar-refractivity contribution in [3.8, 4) is 6.07 Å². The Morgan fingerprint density at radius 2 is 2.25 bits per heavy atom. The zero-order chi connectivity index (χ0) is 11.7. The lowest BCUT2D eigenvalue weighted by Gasteiger charge is -2.09. The molecule has 82 valence electrons. The van der Waals surface area contributed by atoms with Crippen LogP contribution in [0, 0.1) is 30.0 Å². The van der Waals surface area contributed by atoms with E-state index in [4.69, 9.17) is 5.26 Å². The number of rotatable bonds is 2. The average Bonchev–Trinajstić information content (AvgIpc) is 3.07. The zero-order valence-electron chi connectivity index (χ0n) is 8.88. The molecule has 0 spiro atoms. The van der Waals surface area contributed by atoms with E-state index in [2.05, 4.69) is 5.32 Å². The molecule has 4 heteroatoms. The number of nitriles is 1. The number of benzene rings is 1. The lowest BCUT2D eigenvalue weighted by molar-refractivity contribution is -0.117. The number of amides is 1.